The van der Waals surface area contributed by atoms with E-state index in [1.54, 1.807) is 18.3 Å². The molecule has 5 rings (SSSR count). The summed E-state index contributed by atoms with van der Waals surface area (Å²) in [5.41, 5.74) is 7.31. The Hall–Kier alpha value is -4.72. The Morgan fingerprint density at radius 3 is 2.27 bits per heavy atom. The second kappa shape index (κ2) is 13.3. The van der Waals surface area contributed by atoms with Crippen molar-refractivity contribution in [2.75, 3.05) is 6.54 Å². The Labute approximate surface area is 259 Å². The fourth-order valence-corrected chi connectivity index (χ4v) is 5.44. The number of aliphatic hydroxyl groups is 1. The molecule has 4 N–H and O–H groups in total. The van der Waals surface area contributed by atoms with Crippen LogP contribution in [0.4, 0.5) is 0 Å². The van der Waals surface area contributed by atoms with Gasteiger partial charge in [0.15, 0.2) is 0 Å². The van der Waals surface area contributed by atoms with Crippen LogP contribution in [0.15, 0.2) is 103 Å². The third-order valence-electron chi connectivity index (χ3n) is 7.85. The summed E-state index contributed by atoms with van der Waals surface area (Å²) in [6, 6.07) is 30.7. The molecule has 3 aromatic carbocycles. The van der Waals surface area contributed by atoms with Crippen LogP contribution < -0.4 is 10.6 Å². The highest BCUT2D eigenvalue weighted by atomic mass is 16.3. The van der Waals surface area contributed by atoms with Gasteiger partial charge < -0.3 is 25.4 Å². The number of nitrogens with one attached hydrogen (secondary N) is 2. The monoisotopic (exact) mass is 588 g/mol. The average molecular weight is 589 g/mol. The highest BCUT2D eigenvalue weighted by Gasteiger charge is 2.21. The Morgan fingerprint density at radius 2 is 1.57 bits per heavy atom. The molecule has 0 aliphatic heterocycles. The lowest BCUT2D eigenvalue weighted by Crippen LogP contribution is -2.43. The van der Waals surface area contributed by atoms with Gasteiger partial charge in [-0.15, -0.1) is 0 Å². The molecule has 7 nitrogen and oxygen atoms in total. The van der Waals surface area contributed by atoms with Gasteiger partial charge in [0.1, 0.15) is 11.6 Å². The Balaban J connectivity index is 1.15. The van der Waals surface area contributed by atoms with E-state index in [0.717, 1.165) is 45.0 Å². The summed E-state index contributed by atoms with van der Waals surface area (Å²) in [4.78, 5) is 17.6. The van der Waals surface area contributed by atoms with Crippen LogP contribution in [0.2, 0.25) is 0 Å². The van der Waals surface area contributed by atoms with Crippen molar-refractivity contribution in [1.82, 2.24) is 20.2 Å². The van der Waals surface area contributed by atoms with Crippen molar-refractivity contribution in [2.24, 2.45) is 0 Å². The molecule has 0 bridgehead atoms. The number of hydrogen-bond acceptors (Lipinski definition) is 5. The van der Waals surface area contributed by atoms with Gasteiger partial charge in [-0.05, 0) is 105 Å². The van der Waals surface area contributed by atoms with Crippen molar-refractivity contribution in [2.45, 2.75) is 52.3 Å². The molecule has 2 heterocycles. The quantitative estimate of drug-likeness (QED) is 0.142. The van der Waals surface area contributed by atoms with Gasteiger partial charge in [-0.3, -0.25) is 4.79 Å². The zero-order valence-electron chi connectivity index (χ0n) is 25.7. The minimum absolute atomic E-state index is 0.135. The number of nitrogens with zero attached hydrogens (tertiary/aromatic N) is 2. The van der Waals surface area contributed by atoms with E-state index >= 15 is 0 Å². The summed E-state index contributed by atoms with van der Waals surface area (Å²) in [6.45, 7) is 9.05. The number of carbonyl (C=O) groups is 1. The lowest BCUT2D eigenvalue weighted by atomic mass is 9.93. The normalized spacial score (nSPS) is 12.2. The number of hydrogen-bond donors (Lipinski definition) is 4. The predicted octanol–water partition coefficient (Wildman–Crippen LogP) is 6.44. The Bertz CT molecular complexity index is 1700. The zero-order valence-corrected chi connectivity index (χ0v) is 25.7. The smallest absolute Gasteiger partial charge is 0.251 e. The van der Waals surface area contributed by atoms with Crippen molar-refractivity contribution in [3.05, 3.63) is 137 Å². The van der Waals surface area contributed by atoms with Gasteiger partial charge in [-0.2, -0.15) is 0 Å². The topological polar surface area (TPSA) is 99.4 Å². The summed E-state index contributed by atoms with van der Waals surface area (Å²) in [7, 11) is 0. The molecule has 7 heteroatoms. The fourth-order valence-electron chi connectivity index (χ4n) is 5.44. The first-order valence-electron chi connectivity index (χ1n) is 14.9. The lowest BCUT2D eigenvalue weighted by molar-refractivity contribution is 0.0950. The number of aliphatic hydroxyl groups excluding tert-OH is 1. The minimum Gasteiger partial charge on any atom is -0.508 e. The molecule has 0 aliphatic carbocycles. The summed E-state index contributed by atoms with van der Waals surface area (Å²) in [6.07, 6.45) is 1.71. The summed E-state index contributed by atoms with van der Waals surface area (Å²) < 4.78 is 2.09. The van der Waals surface area contributed by atoms with E-state index < -0.39 is 6.10 Å². The van der Waals surface area contributed by atoms with E-state index in [9.17, 15) is 15.0 Å². The second-order valence-corrected chi connectivity index (χ2v) is 12.0. The summed E-state index contributed by atoms with van der Waals surface area (Å²) in [5.74, 6) is 0.929. The number of aromatic nitrogens is 2. The molecular formula is C37H40N4O3. The van der Waals surface area contributed by atoms with E-state index in [4.69, 9.17) is 0 Å². The van der Waals surface area contributed by atoms with Crippen LogP contribution in [0.3, 0.4) is 0 Å². The number of pyridine rings is 1. The van der Waals surface area contributed by atoms with Crippen LogP contribution in [0.1, 0.15) is 58.4 Å². The van der Waals surface area contributed by atoms with Crippen LogP contribution in [0.25, 0.3) is 16.9 Å². The van der Waals surface area contributed by atoms with Crippen molar-refractivity contribution >= 4 is 5.91 Å². The maximum atomic E-state index is 13.0. The number of phenolic OH excluding ortho intramolecular Hbond substituents is 1. The number of rotatable bonds is 11. The van der Waals surface area contributed by atoms with Crippen LogP contribution in [-0.4, -0.2) is 37.8 Å². The van der Waals surface area contributed by atoms with Gasteiger partial charge in [0.2, 0.25) is 0 Å². The molecule has 0 saturated heterocycles. The number of amides is 1. The van der Waals surface area contributed by atoms with Crippen molar-refractivity contribution in [3.8, 4) is 22.7 Å². The van der Waals surface area contributed by atoms with Crippen LogP contribution >= 0.6 is 0 Å². The zero-order chi connectivity index (χ0) is 31.3. The molecule has 0 aliphatic rings. The molecule has 1 atom stereocenters. The van der Waals surface area contributed by atoms with Gasteiger partial charge in [0.05, 0.1) is 6.10 Å². The third-order valence-corrected chi connectivity index (χ3v) is 7.85. The second-order valence-electron chi connectivity index (χ2n) is 12.0. The number of β-amino-alcohol motifs (C(OH)–C–C–N with tert-alkyl or cyclic N) is 1. The van der Waals surface area contributed by atoms with Crippen LogP contribution in [0.5, 0.6) is 5.75 Å². The van der Waals surface area contributed by atoms with Gasteiger partial charge in [0, 0.05) is 47.3 Å². The Morgan fingerprint density at radius 1 is 0.864 bits per heavy atom. The van der Waals surface area contributed by atoms with E-state index in [1.165, 1.54) is 0 Å². The first-order valence-corrected chi connectivity index (χ1v) is 14.9. The molecule has 0 fully saturated rings. The number of phenols is 1. The van der Waals surface area contributed by atoms with E-state index in [-0.39, 0.29) is 17.2 Å². The highest BCUT2D eigenvalue weighted by Crippen LogP contribution is 2.23. The molecule has 2 aromatic heterocycles. The third kappa shape index (κ3) is 7.61. The molecular weight excluding hydrogens is 548 g/mol. The molecule has 44 heavy (non-hydrogen) atoms. The van der Waals surface area contributed by atoms with Crippen molar-refractivity contribution in [3.63, 3.8) is 0 Å². The van der Waals surface area contributed by atoms with Gasteiger partial charge in [-0.1, -0.05) is 48.5 Å². The number of carbonyl (C=O) groups excluding carboxylic acids is 1. The minimum atomic E-state index is -0.702. The van der Waals surface area contributed by atoms with Gasteiger partial charge in [0.25, 0.3) is 5.91 Å². The molecule has 0 saturated carbocycles. The van der Waals surface area contributed by atoms with Crippen molar-refractivity contribution in [1.29, 1.82) is 0 Å². The molecule has 226 valence electrons. The summed E-state index contributed by atoms with van der Waals surface area (Å²) >= 11 is 0. The fraction of sp³-hybridized carbons (Fsp3) is 0.243. The van der Waals surface area contributed by atoms with Gasteiger partial charge in [-0.25, -0.2) is 4.98 Å². The largest absolute Gasteiger partial charge is 0.508 e. The number of aromatic hydroxyl groups is 1. The lowest BCUT2D eigenvalue weighted by Gasteiger charge is -2.28. The summed E-state index contributed by atoms with van der Waals surface area (Å²) in [5, 5.41) is 27.0. The number of aryl methyl sites for hydroxylation is 2. The van der Waals surface area contributed by atoms with E-state index in [1.807, 2.05) is 86.6 Å². The highest BCUT2D eigenvalue weighted by molar-refractivity contribution is 5.94. The maximum Gasteiger partial charge on any atom is 0.251 e. The molecule has 1 amide bonds. The molecule has 0 unspecified atom stereocenters. The van der Waals surface area contributed by atoms with Crippen molar-refractivity contribution < 1.29 is 15.0 Å². The molecule has 0 radical (unpaired) electrons. The first kappa shape index (κ1) is 30.7. The average Bonchev–Trinajstić information content (AvgIpc) is 3.36. The van der Waals surface area contributed by atoms with Crippen LogP contribution in [0, 0.1) is 13.8 Å². The van der Waals surface area contributed by atoms with E-state index in [2.05, 4.69) is 46.2 Å². The standard InChI is InChI=1S/C37H40N4O3/c1-25-11-12-26(2)41(25)35-18-15-32(23-38-35)34(43)24-40-37(3,4)21-27-7-5-10-31(19-27)36(44)39-22-28-8-6-9-30(20-28)29-13-16-33(42)17-14-29/h5-20,23,34,40,42-43H,21-22,24H2,1-4H3,(H,39,44)/t34-/m1/s1. The molecule has 0 spiro atoms. The Kier molecular flexibility index (Phi) is 9.28. The first-order chi connectivity index (χ1) is 21.1. The predicted molar refractivity (Wildman–Crippen MR) is 175 cm³/mol. The number of benzene rings is 3. The SMILES string of the molecule is Cc1ccc(C)n1-c1ccc([C@H](O)CNC(C)(C)Cc2cccc(C(=O)NCc3cccc(-c4ccc(O)cc4)c3)c2)cn1. The van der Waals surface area contributed by atoms with Gasteiger partial charge >= 0.3 is 0 Å². The van der Waals surface area contributed by atoms with E-state index in [0.29, 0.717) is 25.1 Å². The maximum absolute atomic E-state index is 13.0. The molecule has 5 aromatic rings. The van der Waals surface area contributed by atoms with Crippen LogP contribution in [-0.2, 0) is 13.0 Å².